The Kier molecular flexibility index (Phi) is 4.56. The van der Waals surface area contributed by atoms with Crippen LogP contribution in [-0.4, -0.2) is 33.4 Å². The molecule has 1 aliphatic carbocycles. The zero-order chi connectivity index (χ0) is 14.8. The average Bonchev–Trinajstić information content (AvgIpc) is 2.97. The highest BCUT2D eigenvalue weighted by atomic mass is 32.2. The number of nitrogens with zero attached hydrogens (tertiary/aromatic N) is 1. The fourth-order valence-corrected chi connectivity index (χ4v) is 3.26. The zero-order valence-electron chi connectivity index (χ0n) is 12.5. The molecule has 1 aromatic rings. The van der Waals surface area contributed by atoms with Crippen LogP contribution in [0.2, 0.25) is 0 Å². The second-order valence-corrected chi connectivity index (χ2v) is 7.94. The summed E-state index contributed by atoms with van der Waals surface area (Å²) in [5.41, 5.74) is 0.486. The third-order valence-corrected chi connectivity index (χ3v) is 5.60. The molecule has 5 nitrogen and oxygen atoms in total. The molecule has 0 amide bonds. The molecule has 0 aromatic carbocycles. The van der Waals surface area contributed by atoms with Crippen molar-refractivity contribution in [3.05, 3.63) is 17.9 Å². The Labute approximate surface area is 121 Å². The van der Waals surface area contributed by atoms with Crippen LogP contribution in [-0.2, 0) is 16.6 Å². The molecule has 1 aromatic heterocycles. The predicted octanol–water partition coefficient (Wildman–Crippen LogP) is 2.20. The lowest BCUT2D eigenvalue weighted by Gasteiger charge is -2.14. The van der Waals surface area contributed by atoms with Crippen LogP contribution in [0.3, 0.4) is 0 Å². The van der Waals surface area contributed by atoms with E-state index in [4.69, 9.17) is 4.42 Å². The molecule has 20 heavy (non-hydrogen) atoms. The number of hydrogen-bond acceptors (Lipinski definition) is 4. The topological polar surface area (TPSA) is 62.6 Å². The van der Waals surface area contributed by atoms with Gasteiger partial charge in [0, 0.05) is 20.6 Å². The van der Waals surface area contributed by atoms with Gasteiger partial charge in [-0.15, -0.1) is 0 Å². The van der Waals surface area contributed by atoms with Crippen molar-refractivity contribution in [3.8, 4) is 0 Å². The maximum Gasteiger partial charge on any atom is 0.275 e. The van der Waals surface area contributed by atoms with E-state index >= 15 is 0 Å². The fraction of sp³-hybridized carbons (Fsp3) is 0.714. The minimum atomic E-state index is -3.47. The maximum atomic E-state index is 11.9. The first-order chi connectivity index (χ1) is 9.39. The highest BCUT2D eigenvalue weighted by Crippen LogP contribution is 2.48. The number of hydrogen-bond donors (Lipinski definition) is 1. The van der Waals surface area contributed by atoms with Gasteiger partial charge in [-0.1, -0.05) is 13.3 Å². The fourth-order valence-electron chi connectivity index (χ4n) is 2.44. The lowest BCUT2D eigenvalue weighted by atomic mass is 10.0. The van der Waals surface area contributed by atoms with Crippen LogP contribution in [0.1, 0.15) is 38.4 Å². The second-order valence-electron chi connectivity index (χ2n) is 5.86. The average molecular weight is 300 g/mol. The van der Waals surface area contributed by atoms with E-state index < -0.39 is 10.0 Å². The van der Waals surface area contributed by atoms with Gasteiger partial charge in [-0.3, -0.25) is 0 Å². The van der Waals surface area contributed by atoms with Crippen LogP contribution < -0.4 is 5.32 Å². The molecule has 1 aliphatic rings. The molecule has 1 heterocycles. The van der Waals surface area contributed by atoms with Crippen molar-refractivity contribution in [2.45, 2.75) is 44.2 Å². The molecular formula is C14H24N2O3S. The maximum absolute atomic E-state index is 11.9. The molecule has 1 fully saturated rings. The molecular weight excluding hydrogens is 276 g/mol. The molecule has 114 valence electrons. The Bertz CT molecular complexity index is 545. The minimum absolute atomic E-state index is 0.00833. The van der Waals surface area contributed by atoms with Crippen molar-refractivity contribution < 1.29 is 12.8 Å². The van der Waals surface area contributed by atoms with Crippen LogP contribution in [0.4, 0.5) is 0 Å². The van der Waals surface area contributed by atoms with E-state index in [2.05, 4.69) is 12.2 Å². The van der Waals surface area contributed by atoms with Crippen LogP contribution >= 0.6 is 0 Å². The van der Waals surface area contributed by atoms with Crippen molar-refractivity contribution >= 4 is 10.0 Å². The third kappa shape index (κ3) is 3.42. The van der Waals surface area contributed by atoms with Crippen LogP contribution in [0.15, 0.2) is 21.6 Å². The third-order valence-electron chi connectivity index (χ3n) is 3.91. The number of rotatable bonds is 8. The summed E-state index contributed by atoms with van der Waals surface area (Å²) in [6.45, 7) is 3.77. The van der Waals surface area contributed by atoms with Crippen molar-refractivity contribution in [1.29, 1.82) is 0 Å². The smallest absolute Gasteiger partial charge is 0.275 e. The van der Waals surface area contributed by atoms with E-state index in [1.807, 2.05) is 0 Å². The van der Waals surface area contributed by atoms with Gasteiger partial charge in [0.2, 0.25) is 5.09 Å². The van der Waals surface area contributed by atoms with E-state index in [1.165, 1.54) is 45.8 Å². The summed E-state index contributed by atoms with van der Waals surface area (Å²) in [7, 11) is -0.472. The molecule has 0 unspecified atom stereocenters. The SMILES string of the molecule is CCCC1(CNCc2ccc(S(=O)(=O)N(C)C)o2)CC1. The summed E-state index contributed by atoms with van der Waals surface area (Å²) in [6.07, 6.45) is 5.07. The zero-order valence-corrected chi connectivity index (χ0v) is 13.3. The van der Waals surface area contributed by atoms with Crippen LogP contribution in [0, 0.1) is 5.41 Å². The van der Waals surface area contributed by atoms with Gasteiger partial charge in [0.05, 0.1) is 6.54 Å². The normalized spacial score (nSPS) is 17.6. The number of sulfonamides is 1. The van der Waals surface area contributed by atoms with Gasteiger partial charge in [0.25, 0.3) is 10.0 Å². The standard InChI is InChI=1S/C14H24N2O3S/c1-4-7-14(8-9-14)11-15-10-12-5-6-13(19-12)20(17,18)16(2)3/h5-6,15H,4,7-11H2,1-3H3. The lowest BCUT2D eigenvalue weighted by molar-refractivity contribution is 0.369. The molecule has 0 bridgehead atoms. The minimum Gasteiger partial charge on any atom is -0.447 e. The van der Waals surface area contributed by atoms with Gasteiger partial charge < -0.3 is 9.73 Å². The van der Waals surface area contributed by atoms with E-state index in [0.29, 0.717) is 17.7 Å². The molecule has 0 spiro atoms. The molecule has 0 atom stereocenters. The summed E-state index contributed by atoms with van der Waals surface area (Å²) in [5.74, 6) is 0.665. The van der Waals surface area contributed by atoms with Gasteiger partial charge >= 0.3 is 0 Å². The Balaban J connectivity index is 1.88. The highest BCUT2D eigenvalue weighted by Gasteiger charge is 2.40. The molecule has 0 saturated heterocycles. The van der Waals surface area contributed by atoms with E-state index in [-0.39, 0.29) is 5.09 Å². The first-order valence-electron chi connectivity index (χ1n) is 7.12. The largest absolute Gasteiger partial charge is 0.447 e. The summed E-state index contributed by atoms with van der Waals surface area (Å²) >= 11 is 0. The summed E-state index contributed by atoms with van der Waals surface area (Å²) in [5, 5.41) is 3.39. The summed E-state index contributed by atoms with van der Waals surface area (Å²) in [4.78, 5) is 0. The molecule has 6 heteroatoms. The first kappa shape index (κ1) is 15.5. The van der Waals surface area contributed by atoms with E-state index in [0.717, 1.165) is 10.8 Å². The Morgan fingerprint density at radius 1 is 1.35 bits per heavy atom. The highest BCUT2D eigenvalue weighted by molar-refractivity contribution is 7.88. The molecule has 1 N–H and O–H groups in total. The molecule has 0 radical (unpaired) electrons. The van der Waals surface area contributed by atoms with Crippen LogP contribution in [0.5, 0.6) is 0 Å². The number of nitrogens with one attached hydrogen (secondary N) is 1. The second kappa shape index (κ2) is 5.87. The summed E-state index contributed by atoms with van der Waals surface area (Å²) in [6, 6.07) is 3.24. The van der Waals surface area contributed by atoms with E-state index in [9.17, 15) is 8.42 Å². The Hall–Kier alpha value is -0.850. The lowest BCUT2D eigenvalue weighted by Crippen LogP contribution is -2.23. The first-order valence-corrected chi connectivity index (χ1v) is 8.56. The Morgan fingerprint density at radius 3 is 2.60 bits per heavy atom. The van der Waals surface area contributed by atoms with Crippen LogP contribution in [0.25, 0.3) is 0 Å². The quantitative estimate of drug-likeness (QED) is 0.799. The van der Waals surface area contributed by atoms with Crippen molar-refractivity contribution in [1.82, 2.24) is 9.62 Å². The van der Waals surface area contributed by atoms with Gasteiger partial charge in [0.1, 0.15) is 5.76 Å². The molecule has 1 saturated carbocycles. The molecule has 0 aliphatic heterocycles. The van der Waals surface area contributed by atoms with Gasteiger partial charge in [-0.05, 0) is 36.8 Å². The summed E-state index contributed by atoms with van der Waals surface area (Å²) < 4.78 is 30.3. The van der Waals surface area contributed by atoms with Crippen molar-refractivity contribution in [2.75, 3.05) is 20.6 Å². The van der Waals surface area contributed by atoms with Crippen molar-refractivity contribution in [3.63, 3.8) is 0 Å². The number of furan rings is 1. The van der Waals surface area contributed by atoms with Gasteiger partial charge in [0.15, 0.2) is 0 Å². The van der Waals surface area contributed by atoms with Gasteiger partial charge in [-0.25, -0.2) is 12.7 Å². The van der Waals surface area contributed by atoms with Gasteiger partial charge in [-0.2, -0.15) is 0 Å². The molecule has 2 rings (SSSR count). The predicted molar refractivity (Wildman–Crippen MR) is 77.9 cm³/mol. The van der Waals surface area contributed by atoms with E-state index in [1.54, 1.807) is 6.07 Å². The monoisotopic (exact) mass is 300 g/mol. The van der Waals surface area contributed by atoms with Crippen molar-refractivity contribution in [2.24, 2.45) is 5.41 Å². The Morgan fingerprint density at radius 2 is 2.05 bits per heavy atom.